The smallest absolute Gasteiger partial charge is 0.274 e. The first-order valence-corrected chi connectivity index (χ1v) is 13.3. The van der Waals surface area contributed by atoms with E-state index in [1.165, 1.54) is 18.2 Å². The van der Waals surface area contributed by atoms with Gasteiger partial charge in [0.15, 0.2) is 21.2 Å². The van der Waals surface area contributed by atoms with Crippen molar-refractivity contribution in [1.29, 1.82) is 0 Å². The van der Waals surface area contributed by atoms with Crippen LogP contribution in [0.5, 0.6) is 5.75 Å². The Balaban J connectivity index is 1.27. The molecule has 2 N–H and O–H groups in total. The molecule has 0 radical (unpaired) electrons. The molecule has 10 nitrogen and oxygen atoms in total. The predicted octanol–water partition coefficient (Wildman–Crippen LogP) is 1.05. The van der Waals surface area contributed by atoms with Gasteiger partial charge < -0.3 is 20.3 Å². The van der Waals surface area contributed by atoms with Crippen LogP contribution < -0.4 is 15.4 Å². The van der Waals surface area contributed by atoms with Gasteiger partial charge in [-0.05, 0) is 62.3 Å². The van der Waals surface area contributed by atoms with Gasteiger partial charge in [-0.15, -0.1) is 10.2 Å². The van der Waals surface area contributed by atoms with Gasteiger partial charge in [0.25, 0.3) is 11.8 Å². The average molecular weight is 488 g/mol. The van der Waals surface area contributed by atoms with E-state index >= 15 is 0 Å². The first-order valence-electron chi connectivity index (χ1n) is 11.4. The van der Waals surface area contributed by atoms with Crippen LogP contribution in [0.25, 0.3) is 0 Å². The zero-order chi connectivity index (χ0) is 24.1. The summed E-state index contributed by atoms with van der Waals surface area (Å²) in [4.78, 5) is 27.1. The second-order valence-electron chi connectivity index (χ2n) is 8.65. The van der Waals surface area contributed by atoms with Gasteiger partial charge in [0.05, 0.1) is 4.90 Å². The average Bonchev–Trinajstić information content (AvgIpc) is 2.84. The molecule has 11 heteroatoms. The van der Waals surface area contributed by atoms with Gasteiger partial charge in [0.1, 0.15) is 11.9 Å². The van der Waals surface area contributed by atoms with Gasteiger partial charge in [0.2, 0.25) is 0 Å². The van der Waals surface area contributed by atoms with Gasteiger partial charge in [-0.25, -0.2) is 8.42 Å². The topological polar surface area (TPSA) is 131 Å². The van der Waals surface area contributed by atoms with E-state index in [4.69, 9.17) is 4.74 Å². The summed E-state index contributed by atoms with van der Waals surface area (Å²) in [6.45, 7) is 2.76. The van der Waals surface area contributed by atoms with Crippen LogP contribution in [0.2, 0.25) is 0 Å². The number of likely N-dealkylation sites (tertiary alicyclic amines) is 1. The van der Waals surface area contributed by atoms with E-state index < -0.39 is 9.84 Å². The largest absolute Gasteiger partial charge is 0.490 e. The van der Waals surface area contributed by atoms with Crippen LogP contribution in [0.4, 0.5) is 0 Å². The van der Waals surface area contributed by atoms with Gasteiger partial charge in [0, 0.05) is 38.2 Å². The fraction of sp³-hybridized carbons (Fsp3) is 0.478. The number of rotatable bonds is 6. The molecule has 2 aliphatic rings. The predicted molar refractivity (Wildman–Crippen MR) is 124 cm³/mol. The number of carbonyl (C=O) groups excluding carboxylic acids is 2. The third kappa shape index (κ3) is 6.09. The molecular formula is C23H29N5O5S. The first-order chi connectivity index (χ1) is 16.3. The summed E-state index contributed by atoms with van der Waals surface area (Å²) >= 11 is 0. The lowest BCUT2D eigenvalue weighted by atomic mass is 10.1. The second kappa shape index (κ2) is 10.5. The number of benzene rings is 1. The number of sulfone groups is 1. The van der Waals surface area contributed by atoms with Crippen LogP contribution in [0.1, 0.15) is 46.7 Å². The zero-order valence-corrected chi connectivity index (χ0v) is 19.9. The normalized spacial score (nSPS) is 17.9. The highest BCUT2D eigenvalue weighted by Crippen LogP contribution is 2.22. The number of nitrogens with zero attached hydrogens (tertiary/aromatic N) is 3. The van der Waals surface area contributed by atoms with Crippen LogP contribution in [0.15, 0.2) is 41.3 Å². The van der Waals surface area contributed by atoms with Crippen LogP contribution in [-0.2, 0) is 9.84 Å². The maximum absolute atomic E-state index is 12.8. The van der Waals surface area contributed by atoms with Crippen LogP contribution in [0.3, 0.4) is 0 Å². The monoisotopic (exact) mass is 487 g/mol. The number of nitrogens with one attached hydrogen (secondary N) is 2. The van der Waals surface area contributed by atoms with Gasteiger partial charge >= 0.3 is 0 Å². The third-order valence-electron chi connectivity index (χ3n) is 6.07. The van der Waals surface area contributed by atoms with Crippen molar-refractivity contribution in [3.05, 3.63) is 47.8 Å². The van der Waals surface area contributed by atoms with E-state index in [1.807, 2.05) is 0 Å². The molecule has 2 amide bonds. The minimum Gasteiger partial charge on any atom is -0.490 e. The molecule has 4 rings (SSSR count). The van der Waals surface area contributed by atoms with Crippen molar-refractivity contribution in [3.8, 4) is 5.75 Å². The van der Waals surface area contributed by atoms with Crippen LogP contribution in [-0.4, -0.2) is 79.9 Å². The maximum Gasteiger partial charge on any atom is 0.274 e. The lowest BCUT2D eigenvalue weighted by Gasteiger charge is -2.32. The number of piperidine rings is 2. The van der Waals surface area contributed by atoms with Crippen molar-refractivity contribution in [3.63, 3.8) is 0 Å². The summed E-state index contributed by atoms with van der Waals surface area (Å²) in [5.74, 6) is 0.0936. The van der Waals surface area contributed by atoms with E-state index in [9.17, 15) is 18.0 Å². The molecule has 0 saturated carbocycles. The molecule has 2 saturated heterocycles. The Morgan fingerprint density at radius 2 is 1.59 bits per heavy atom. The Kier molecular flexibility index (Phi) is 7.42. The molecule has 3 heterocycles. The second-order valence-corrected chi connectivity index (χ2v) is 10.7. The summed E-state index contributed by atoms with van der Waals surface area (Å²) in [5, 5.41) is 14.2. The lowest BCUT2D eigenvalue weighted by molar-refractivity contribution is 0.0588. The fourth-order valence-corrected chi connectivity index (χ4v) is 4.72. The summed E-state index contributed by atoms with van der Waals surface area (Å²) in [5.41, 5.74) is 0.401. The van der Waals surface area contributed by atoms with Crippen LogP contribution in [0, 0.1) is 0 Å². The third-order valence-corrected chi connectivity index (χ3v) is 7.20. The van der Waals surface area contributed by atoms with Gasteiger partial charge in [-0.2, -0.15) is 0 Å². The molecule has 0 bridgehead atoms. The molecule has 0 unspecified atom stereocenters. The van der Waals surface area contributed by atoms with E-state index in [2.05, 4.69) is 20.8 Å². The highest BCUT2D eigenvalue weighted by Gasteiger charge is 2.26. The van der Waals surface area contributed by atoms with Crippen molar-refractivity contribution in [2.45, 2.75) is 42.7 Å². The lowest BCUT2D eigenvalue weighted by Crippen LogP contribution is -2.43. The minimum atomic E-state index is -3.25. The minimum absolute atomic E-state index is 0.0692. The SMILES string of the molecule is CS(=O)(=O)c1ccc(OC2CCN(C(=O)c3ccc(C(=O)NC4CCNCC4)nn3)CC2)cc1. The summed E-state index contributed by atoms with van der Waals surface area (Å²) in [6.07, 6.45) is 4.13. The molecule has 2 aromatic rings. The van der Waals surface area contributed by atoms with E-state index in [0.29, 0.717) is 31.7 Å². The van der Waals surface area contributed by atoms with Crippen molar-refractivity contribution < 1.29 is 22.7 Å². The molecule has 2 fully saturated rings. The molecular weight excluding hydrogens is 458 g/mol. The quantitative estimate of drug-likeness (QED) is 0.618. The number of aromatic nitrogens is 2. The van der Waals surface area contributed by atoms with Gasteiger partial charge in [-0.1, -0.05) is 0 Å². The molecule has 34 heavy (non-hydrogen) atoms. The zero-order valence-electron chi connectivity index (χ0n) is 19.1. The highest BCUT2D eigenvalue weighted by molar-refractivity contribution is 7.90. The van der Waals surface area contributed by atoms with Crippen LogP contribution >= 0.6 is 0 Å². The van der Waals surface area contributed by atoms with Crippen molar-refractivity contribution in [2.24, 2.45) is 0 Å². The summed E-state index contributed by atoms with van der Waals surface area (Å²) in [6, 6.07) is 9.54. The molecule has 182 valence electrons. The van der Waals surface area contributed by atoms with Crippen molar-refractivity contribution in [2.75, 3.05) is 32.4 Å². The fourth-order valence-electron chi connectivity index (χ4n) is 4.09. The number of hydrogen-bond donors (Lipinski definition) is 2. The van der Waals surface area contributed by atoms with E-state index in [0.717, 1.165) is 32.2 Å². The summed E-state index contributed by atoms with van der Waals surface area (Å²) in [7, 11) is -3.25. The van der Waals surface area contributed by atoms with Gasteiger partial charge in [-0.3, -0.25) is 9.59 Å². The van der Waals surface area contributed by atoms with E-state index in [1.54, 1.807) is 23.1 Å². The number of ether oxygens (including phenoxy) is 1. The molecule has 0 aliphatic carbocycles. The molecule has 1 aromatic heterocycles. The Labute approximate surface area is 199 Å². The number of carbonyl (C=O) groups is 2. The number of amides is 2. The highest BCUT2D eigenvalue weighted by atomic mass is 32.2. The Morgan fingerprint density at radius 3 is 2.18 bits per heavy atom. The Bertz CT molecular complexity index is 1110. The molecule has 1 aromatic carbocycles. The standard InChI is InChI=1S/C23H29N5O5S/c1-34(31,32)19-4-2-17(3-5-19)33-18-10-14-28(15-11-18)23(30)21-7-6-20(26-27-21)22(29)25-16-8-12-24-13-9-16/h2-7,16,18,24H,8-15H2,1H3,(H,25,29). The first kappa shape index (κ1) is 24.1. The van der Waals surface area contributed by atoms with Crippen molar-refractivity contribution >= 4 is 21.7 Å². The molecule has 0 atom stereocenters. The maximum atomic E-state index is 12.8. The molecule has 2 aliphatic heterocycles. The summed E-state index contributed by atoms with van der Waals surface area (Å²) < 4.78 is 29.1. The van der Waals surface area contributed by atoms with Crippen molar-refractivity contribution in [1.82, 2.24) is 25.7 Å². The molecule has 0 spiro atoms. The Hall–Kier alpha value is -3.05. The van der Waals surface area contributed by atoms with E-state index in [-0.39, 0.29) is 40.2 Å². The number of hydrogen-bond acceptors (Lipinski definition) is 8. The Morgan fingerprint density at radius 1 is 0.971 bits per heavy atom.